The van der Waals surface area contributed by atoms with Gasteiger partial charge in [0.2, 0.25) is 0 Å². The molecule has 1 saturated carbocycles. The summed E-state index contributed by atoms with van der Waals surface area (Å²) in [5.41, 5.74) is 2.58. The lowest BCUT2D eigenvalue weighted by atomic mass is 10.0. The van der Waals surface area contributed by atoms with E-state index in [9.17, 15) is 4.39 Å². The van der Waals surface area contributed by atoms with Crippen molar-refractivity contribution in [3.8, 4) is 11.4 Å². The number of hydrogen-bond donors (Lipinski definition) is 0. The quantitative estimate of drug-likeness (QED) is 0.708. The second kappa shape index (κ2) is 6.16. The predicted molar refractivity (Wildman–Crippen MR) is 96.4 cm³/mol. The van der Waals surface area contributed by atoms with Crippen LogP contribution in [0.4, 0.5) is 4.39 Å². The molecule has 1 unspecified atom stereocenters. The highest BCUT2D eigenvalue weighted by Gasteiger charge is 2.64. The second-order valence-corrected chi connectivity index (χ2v) is 6.42. The molecule has 1 fully saturated rings. The van der Waals surface area contributed by atoms with Crippen molar-refractivity contribution in [2.24, 2.45) is 5.92 Å². The molecule has 2 nitrogen and oxygen atoms in total. The van der Waals surface area contributed by atoms with Gasteiger partial charge in [-0.25, -0.2) is 14.4 Å². The lowest BCUT2D eigenvalue weighted by Gasteiger charge is -2.04. The van der Waals surface area contributed by atoms with Crippen LogP contribution in [0, 0.1) is 12.8 Å². The van der Waals surface area contributed by atoms with Crippen LogP contribution in [0.5, 0.6) is 0 Å². The third-order valence-electron chi connectivity index (χ3n) is 4.65. The lowest BCUT2D eigenvalue weighted by Crippen LogP contribution is -1.98. The van der Waals surface area contributed by atoms with Crippen molar-refractivity contribution in [3.05, 3.63) is 84.7 Å². The van der Waals surface area contributed by atoms with E-state index in [1.54, 1.807) is 31.5 Å². The van der Waals surface area contributed by atoms with Crippen molar-refractivity contribution >= 4 is 0 Å². The van der Waals surface area contributed by atoms with Gasteiger partial charge in [0.1, 0.15) is 5.67 Å². The minimum Gasteiger partial charge on any atom is -0.243 e. The van der Waals surface area contributed by atoms with Crippen LogP contribution >= 0.6 is 0 Å². The molecule has 1 heterocycles. The summed E-state index contributed by atoms with van der Waals surface area (Å²) in [6, 6.07) is 7.85. The van der Waals surface area contributed by atoms with Crippen molar-refractivity contribution in [1.82, 2.24) is 9.97 Å². The lowest BCUT2D eigenvalue weighted by molar-refractivity contribution is 0.312. The van der Waals surface area contributed by atoms with E-state index in [-0.39, 0.29) is 11.8 Å². The van der Waals surface area contributed by atoms with E-state index in [0.29, 0.717) is 5.82 Å². The summed E-state index contributed by atoms with van der Waals surface area (Å²) >= 11 is 0. The number of alkyl halides is 1. The maximum atomic E-state index is 14.9. The summed E-state index contributed by atoms with van der Waals surface area (Å²) in [6.07, 6.45) is 8.83. The Morgan fingerprint density at radius 2 is 1.79 bits per heavy atom. The van der Waals surface area contributed by atoms with Gasteiger partial charge in [-0.15, -0.1) is 0 Å². The Hall–Kier alpha value is -2.55. The molecule has 3 rings (SSSR count). The number of allylic oxidation sites excluding steroid dienone is 4. The van der Waals surface area contributed by atoms with E-state index in [4.69, 9.17) is 0 Å². The standard InChI is InChI=1S/C21H21FN2/c1-5-7-15(6-2)18-19(21(18,4)22)16-8-10-17(11-9-16)20-23-12-14(3)13-24-20/h5-13,18-19H,1-2H2,3-4H3/b15-7+/t18-,19?,21+/m1/s1. The van der Waals surface area contributed by atoms with Crippen LogP contribution in [0.2, 0.25) is 0 Å². The first-order valence-electron chi connectivity index (χ1n) is 8.02. The number of hydrogen-bond acceptors (Lipinski definition) is 2. The smallest absolute Gasteiger partial charge is 0.159 e. The van der Waals surface area contributed by atoms with Gasteiger partial charge in [0.15, 0.2) is 5.82 Å². The third kappa shape index (κ3) is 2.82. The Morgan fingerprint density at radius 3 is 2.33 bits per heavy atom. The van der Waals surface area contributed by atoms with Crippen LogP contribution in [0.15, 0.2) is 73.6 Å². The van der Waals surface area contributed by atoms with Gasteiger partial charge in [0, 0.05) is 29.8 Å². The largest absolute Gasteiger partial charge is 0.243 e. The van der Waals surface area contributed by atoms with E-state index >= 15 is 0 Å². The van der Waals surface area contributed by atoms with Crippen LogP contribution < -0.4 is 0 Å². The van der Waals surface area contributed by atoms with Gasteiger partial charge >= 0.3 is 0 Å². The van der Waals surface area contributed by atoms with Gasteiger partial charge < -0.3 is 0 Å². The highest BCUT2D eigenvalue weighted by atomic mass is 19.1. The van der Waals surface area contributed by atoms with Gasteiger partial charge in [-0.05, 0) is 30.5 Å². The van der Waals surface area contributed by atoms with Crippen molar-refractivity contribution < 1.29 is 4.39 Å². The van der Waals surface area contributed by atoms with Gasteiger partial charge in [-0.3, -0.25) is 0 Å². The zero-order valence-electron chi connectivity index (χ0n) is 14.0. The van der Waals surface area contributed by atoms with Gasteiger partial charge in [-0.2, -0.15) is 0 Å². The van der Waals surface area contributed by atoms with Crippen LogP contribution in [-0.4, -0.2) is 15.6 Å². The van der Waals surface area contributed by atoms with Crippen molar-refractivity contribution in [2.75, 3.05) is 0 Å². The van der Waals surface area contributed by atoms with Gasteiger partial charge in [0.05, 0.1) is 0 Å². The molecule has 0 bridgehead atoms. The molecule has 0 radical (unpaired) electrons. The highest BCUT2D eigenvalue weighted by molar-refractivity contribution is 5.56. The summed E-state index contributed by atoms with van der Waals surface area (Å²) < 4.78 is 14.9. The molecule has 0 saturated heterocycles. The number of nitrogens with zero attached hydrogens (tertiary/aromatic N) is 2. The fourth-order valence-electron chi connectivity index (χ4n) is 3.33. The van der Waals surface area contributed by atoms with E-state index in [2.05, 4.69) is 23.1 Å². The minimum atomic E-state index is -1.26. The Morgan fingerprint density at radius 1 is 1.17 bits per heavy atom. The molecule has 1 aliphatic rings. The number of aryl methyl sites for hydroxylation is 1. The van der Waals surface area contributed by atoms with Crippen molar-refractivity contribution in [3.63, 3.8) is 0 Å². The molecule has 1 aliphatic carbocycles. The minimum absolute atomic E-state index is 0.158. The number of rotatable bonds is 5. The molecule has 122 valence electrons. The summed E-state index contributed by atoms with van der Waals surface area (Å²) in [4.78, 5) is 8.66. The first-order valence-corrected chi connectivity index (χ1v) is 8.02. The SMILES string of the molecule is C=C/C=C(\C=C)[C@@H]1C(c2ccc(-c3ncc(C)cn3)cc2)[C@@]1(C)F. The molecule has 1 aromatic carbocycles. The Balaban J connectivity index is 1.86. The maximum Gasteiger partial charge on any atom is 0.159 e. The fourth-order valence-corrected chi connectivity index (χ4v) is 3.33. The molecule has 0 aliphatic heterocycles. The molecule has 0 spiro atoms. The van der Waals surface area contributed by atoms with E-state index in [1.165, 1.54) is 0 Å². The van der Waals surface area contributed by atoms with Crippen LogP contribution in [0.25, 0.3) is 11.4 Å². The normalized spacial score (nSPS) is 26.0. The molecule has 3 atom stereocenters. The van der Waals surface area contributed by atoms with Crippen LogP contribution in [0.1, 0.15) is 24.0 Å². The van der Waals surface area contributed by atoms with Crippen molar-refractivity contribution in [2.45, 2.75) is 25.4 Å². The molecule has 3 heteroatoms. The van der Waals surface area contributed by atoms with Crippen LogP contribution in [-0.2, 0) is 0 Å². The molecular formula is C21H21FN2. The second-order valence-electron chi connectivity index (χ2n) is 6.42. The van der Waals surface area contributed by atoms with E-state index in [1.807, 2.05) is 37.3 Å². The van der Waals surface area contributed by atoms with Crippen molar-refractivity contribution in [1.29, 1.82) is 0 Å². The average Bonchev–Trinajstić information content (AvgIpc) is 3.15. The molecule has 24 heavy (non-hydrogen) atoms. The molecule has 0 N–H and O–H groups in total. The first kappa shape index (κ1) is 16.3. The van der Waals surface area contributed by atoms with E-state index < -0.39 is 5.67 Å². The number of halogens is 1. The third-order valence-corrected chi connectivity index (χ3v) is 4.65. The Labute approximate surface area is 142 Å². The average molecular weight is 320 g/mol. The van der Waals surface area contributed by atoms with E-state index in [0.717, 1.165) is 22.3 Å². The molecule has 1 aromatic heterocycles. The fraction of sp³-hybridized carbons (Fsp3) is 0.238. The predicted octanol–water partition coefficient (Wildman–Crippen LogP) is 5.19. The summed E-state index contributed by atoms with van der Waals surface area (Å²) in [5, 5.41) is 0. The van der Waals surface area contributed by atoms with Crippen LogP contribution in [0.3, 0.4) is 0 Å². The zero-order chi connectivity index (χ0) is 17.3. The molecule has 2 aromatic rings. The molecule has 0 amide bonds. The monoisotopic (exact) mass is 320 g/mol. The summed E-state index contributed by atoms with van der Waals surface area (Å²) in [7, 11) is 0. The Bertz CT molecular complexity index is 786. The first-order chi connectivity index (χ1) is 11.5. The Kier molecular flexibility index (Phi) is 4.18. The number of benzene rings is 1. The highest BCUT2D eigenvalue weighted by Crippen LogP contribution is 2.63. The molecular weight excluding hydrogens is 299 g/mol. The summed E-state index contributed by atoms with van der Waals surface area (Å²) in [6.45, 7) is 11.1. The van der Waals surface area contributed by atoms with Gasteiger partial charge in [0.25, 0.3) is 0 Å². The maximum absolute atomic E-state index is 14.9. The zero-order valence-corrected chi connectivity index (χ0v) is 14.0. The topological polar surface area (TPSA) is 25.8 Å². The summed E-state index contributed by atoms with van der Waals surface area (Å²) in [5.74, 6) is 0.352. The number of aromatic nitrogens is 2. The van der Waals surface area contributed by atoms with Gasteiger partial charge in [-0.1, -0.05) is 55.7 Å².